The van der Waals surface area contributed by atoms with Crippen molar-refractivity contribution in [3.8, 4) is 5.75 Å². The van der Waals surface area contributed by atoms with Crippen LogP contribution in [0.1, 0.15) is 29.6 Å². The fraction of sp³-hybridized carbons (Fsp3) is 0.300. The van der Waals surface area contributed by atoms with E-state index < -0.39 is 0 Å². The van der Waals surface area contributed by atoms with Crippen molar-refractivity contribution >= 4 is 34.6 Å². The monoisotopic (exact) mass is 369 g/mol. The number of anilines is 2. The van der Waals surface area contributed by atoms with Crippen LogP contribution in [-0.2, 0) is 0 Å². The molecule has 1 fully saturated rings. The van der Waals surface area contributed by atoms with E-state index in [0.29, 0.717) is 10.7 Å². The third-order valence-corrected chi connectivity index (χ3v) is 4.59. The highest BCUT2D eigenvalue weighted by atomic mass is 32.1. The number of likely N-dealkylation sites (tertiary alicyclic amines) is 1. The number of ether oxygens (including phenoxy) is 1. The van der Waals surface area contributed by atoms with Gasteiger partial charge in [0.15, 0.2) is 5.11 Å². The van der Waals surface area contributed by atoms with Crippen LogP contribution < -0.4 is 15.4 Å². The van der Waals surface area contributed by atoms with E-state index in [4.69, 9.17) is 17.0 Å². The van der Waals surface area contributed by atoms with E-state index in [1.807, 2.05) is 53.4 Å². The lowest BCUT2D eigenvalue weighted by Gasteiger charge is -2.26. The molecule has 0 aromatic heterocycles. The average Bonchev–Trinajstić information content (AvgIpc) is 2.69. The molecule has 0 aliphatic carbocycles. The highest BCUT2D eigenvalue weighted by Gasteiger charge is 2.17. The normalized spacial score (nSPS) is 13.8. The van der Waals surface area contributed by atoms with E-state index in [0.717, 1.165) is 43.1 Å². The number of nitrogens with zero attached hydrogens (tertiary/aromatic N) is 1. The Kier molecular flexibility index (Phi) is 6.07. The second kappa shape index (κ2) is 8.67. The summed E-state index contributed by atoms with van der Waals surface area (Å²) in [4.78, 5) is 14.4. The molecule has 6 heteroatoms. The minimum absolute atomic E-state index is 0.103. The number of methoxy groups -OCH3 is 1. The van der Waals surface area contributed by atoms with Crippen molar-refractivity contribution in [2.45, 2.75) is 19.3 Å². The second-order valence-electron chi connectivity index (χ2n) is 6.21. The summed E-state index contributed by atoms with van der Waals surface area (Å²) in [6, 6.07) is 15.0. The molecule has 1 saturated heterocycles. The molecule has 0 bridgehead atoms. The van der Waals surface area contributed by atoms with Crippen molar-refractivity contribution in [1.82, 2.24) is 4.90 Å². The van der Waals surface area contributed by atoms with Crippen LogP contribution in [0.25, 0.3) is 0 Å². The molecule has 2 N–H and O–H groups in total. The number of carbonyl (C=O) groups is 1. The SMILES string of the molecule is COc1ccccc1NC(=S)Nc1ccc(C(=O)N2CCCCC2)cc1. The topological polar surface area (TPSA) is 53.6 Å². The largest absolute Gasteiger partial charge is 0.495 e. The number of amides is 1. The Morgan fingerprint density at radius 1 is 1.00 bits per heavy atom. The van der Waals surface area contributed by atoms with Gasteiger partial charge in [-0.1, -0.05) is 12.1 Å². The summed E-state index contributed by atoms with van der Waals surface area (Å²) in [5.74, 6) is 0.824. The third-order valence-electron chi connectivity index (χ3n) is 4.39. The molecule has 3 rings (SSSR count). The number of benzene rings is 2. The molecule has 0 saturated carbocycles. The van der Waals surface area contributed by atoms with Crippen molar-refractivity contribution < 1.29 is 9.53 Å². The van der Waals surface area contributed by atoms with E-state index in [-0.39, 0.29) is 5.91 Å². The maximum absolute atomic E-state index is 12.5. The van der Waals surface area contributed by atoms with Gasteiger partial charge in [0.2, 0.25) is 0 Å². The van der Waals surface area contributed by atoms with Gasteiger partial charge in [-0.05, 0) is 67.9 Å². The van der Waals surface area contributed by atoms with Gasteiger partial charge in [-0.3, -0.25) is 4.79 Å². The van der Waals surface area contributed by atoms with E-state index in [9.17, 15) is 4.79 Å². The zero-order valence-corrected chi connectivity index (χ0v) is 15.6. The first-order valence-corrected chi connectivity index (χ1v) is 9.18. The lowest BCUT2D eigenvalue weighted by atomic mass is 10.1. The van der Waals surface area contributed by atoms with Gasteiger partial charge < -0.3 is 20.3 Å². The van der Waals surface area contributed by atoms with Crippen LogP contribution in [-0.4, -0.2) is 36.1 Å². The molecule has 0 spiro atoms. The van der Waals surface area contributed by atoms with Gasteiger partial charge in [0.1, 0.15) is 5.75 Å². The Morgan fingerprint density at radius 2 is 1.69 bits per heavy atom. The Balaban J connectivity index is 1.60. The van der Waals surface area contributed by atoms with Crippen LogP contribution in [0.3, 0.4) is 0 Å². The van der Waals surface area contributed by atoms with Gasteiger partial charge in [0.05, 0.1) is 12.8 Å². The Bertz CT molecular complexity index is 771. The van der Waals surface area contributed by atoms with Crippen LogP contribution in [0.2, 0.25) is 0 Å². The average molecular weight is 369 g/mol. The first-order chi connectivity index (χ1) is 12.7. The van der Waals surface area contributed by atoms with Crippen LogP contribution in [0.15, 0.2) is 48.5 Å². The Hall–Kier alpha value is -2.60. The lowest BCUT2D eigenvalue weighted by molar-refractivity contribution is 0.0724. The van der Waals surface area contributed by atoms with Crippen molar-refractivity contribution in [2.75, 3.05) is 30.8 Å². The molecular formula is C20H23N3O2S. The molecule has 1 aliphatic heterocycles. The molecule has 1 amide bonds. The number of nitrogens with one attached hydrogen (secondary N) is 2. The van der Waals surface area contributed by atoms with E-state index >= 15 is 0 Å². The van der Waals surface area contributed by atoms with Crippen molar-refractivity contribution in [2.24, 2.45) is 0 Å². The summed E-state index contributed by atoms with van der Waals surface area (Å²) < 4.78 is 5.30. The zero-order valence-electron chi connectivity index (χ0n) is 14.8. The zero-order chi connectivity index (χ0) is 18.4. The molecule has 0 atom stereocenters. The van der Waals surface area contributed by atoms with E-state index in [1.165, 1.54) is 6.42 Å². The molecular weight excluding hydrogens is 346 g/mol. The maximum atomic E-state index is 12.5. The highest BCUT2D eigenvalue weighted by Crippen LogP contribution is 2.23. The minimum atomic E-state index is 0.103. The van der Waals surface area contributed by atoms with Crippen LogP contribution >= 0.6 is 12.2 Å². The van der Waals surface area contributed by atoms with Crippen LogP contribution in [0.4, 0.5) is 11.4 Å². The standard InChI is InChI=1S/C20H23N3O2S/c1-25-18-8-4-3-7-17(18)22-20(26)21-16-11-9-15(10-12-16)19(24)23-13-5-2-6-14-23/h3-4,7-12H,2,5-6,13-14H2,1H3,(H2,21,22,26). The summed E-state index contributed by atoms with van der Waals surface area (Å²) in [6.45, 7) is 1.71. The summed E-state index contributed by atoms with van der Waals surface area (Å²) >= 11 is 5.36. The quantitative estimate of drug-likeness (QED) is 0.794. The molecule has 26 heavy (non-hydrogen) atoms. The lowest BCUT2D eigenvalue weighted by Crippen LogP contribution is -2.35. The Labute approximate surface area is 159 Å². The van der Waals surface area contributed by atoms with Crippen molar-refractivity contribution in [1.29, 1.82) is 0 Å². The molecule has 0 radical (unpaired) electrons. The predicted octanol–water partition coefficient (Wildman–Crippen LogP) is 4.13. The van der Waals surface area contributed by atoms with E-state index in [2.05, 4.69) is 10.6 Å². The second-order valence-corrected chi connectivity index (χ2v) is 6.62. The fourth-order valence-electron chi connectivity index (χ4n) is 3.01. The molecule has 2 aromatic carbocycles. The van der Waals surface area contributed by atoms with Gasteiger partial charge in [-0.2, -0.15) is 0 Å². The number of para-hydroxylation sites is 2. The molecule has 1 aliphatic rings. The highest BCUT2D eigenvalue weighted by molar-refractivity contribution is 7.80. The summed E-state index contributed by atoms with van der Waals surface area (Å²) in [5.41, 5.74) is 2.33. The summed E-state index contributed by atoms with van der Waals surface area (Å²) in [7, 11) is 1.62. The maximum Gasteiger partial charge on any atom is 0.253 e. The first-order valence-electron chi connectivity index (χ1n) is 8.78. The Morgan fingerprint density at radius 3 is 2.38 bits per heavy atom. The van der Waals surface area contributed by atoms with Gasteiger partial charge in [0.25, 0.3) is 5.91 Å². The van der Waals surface area contributed by atoms with Crippen molar-refractivity contribution in [3.05, 3.63) is 54.1 Å². The van der Waals surface area contributed by atoms with Gasteiger partial charge in [-0.15, -0.1) is 0 Å². The van der Waals surface area contributed by atoms with Gasteiger partial charge in [-0.25, -0.2) is 0 Å². The fourth-order valence-corrected chi connectivity index (χ4v) is 3.24. The minimum Gasteiger partial charge on any atom is -0.495 e. The number of thiocarbonyl (C=S) groups is 1. The van der Waals surface area contributed by atoms with E-state index in [1.54, 1.807) is 7.11 Å². The number of hydrogen-bond donors (Lipinski definition) is 2. The molecule has 0 unspecified atom stereocenters. The third kappa shape index (κ3) is 4.52. The predicted molar refractivity (Wildman–Crippen MR) is 109 cm³/mol. The number of hydrogen-bond acceptors (Lipinski definition) is 3. The molecule has 2 aromatic rings. The summed E-state index contributed by atoms with van der Waals surface area (Å²) in [5, 5.41) is 6.71. The van der Waals surface area contributed by atoms with Gasteiger partial charge in [0, 0.05) is 24.3 Å². The number of piperidine rings is 1. The number of carbonyl (C=O) groups excluding carboxylic acids is 1. The smallest absolute Gasteiger partial charge is 0.253 e. The first kappa shape index (κ1) is 18.2. The van der Waals surface area contributed by atoms with Crippen molar-refractivity contribution in [3.63, 3.8) is 0 Å². The molecule has 1 heterocycles. The number of rotatable bonds is 4. The van der Waals surface area contributed by atoms with Crippen LogP contribution in [0, 0.1) is 0 Å². The molecule has 5 nitrogen and oxygen atoms in total. The van der Waals surface area contributed by atoms with Crippen LogP contribution in [0.5, 0.6) is 5.75 Å². The molecule has 136 valence electrons. The van der Waals surface area contributed by atoms with Gasteiger partial charge >= 0.3 is 0 Å². The summed E-state index contributed by atoms with van der Waals surface area (Å²) in [6.07, 6.45) is 3.39.